The predicted molar refractivity (Wildman–Crippen MR) is 63.7 cm³/mol. The van der Waals surface area contributed by atoms with Gasteiger partial charge in [-0.1, -0.05) is 44.1 Å². The minimum Gasteiger partial charge on any atom is -0.469 e. The quantitative estimate of drug-likeness (QED) is 0.347. The molecule has 0 aliphatic heterocycles. The smallest absolute Gasteiger partial charge is 0.305 e. The highest BCUT2D eigenvalue weighted by Gasteiger charge is 1.96. The van der Waals surface area contributed by atoms with Gasteiger partial charge in [-0.05, 0) is 19.3 Å². The van der Waals surface area contributed by atoms with Crippen LogP contribution in [-0.4, -0.2) is 13.1 Å². The molecular weight excluding hydrogens is 188 g/mol. The molecule has 0 heterocycles. The zero-order valence-corrected chi connectivity index (χ0v) is 9.87. The van der Waals surface area contributed by atoms with Crippen LogP contribution in [0.15, 0.2) is 24.3 Å². The van der Waals surface area contributed by atoms with Crippen molar-refractivity contribution in [3.05, 3.63) is 24.3 Å². The molecular formula is C13H22O2. The topological polar surface area (TPSA) is 26.3 Å². The minimum absolute atomic E-state index is 0.123. The molecule has 0 rings (SSSR count). The van der Waals surface area contributed by atoms with Crippen LogP contribution in [0, 0.1) is 0 Å². The van der Waals surface area contributed by atoms with Crippen LogP contribution in [0.4, 0.5) is 0 Å². The number of unbranched alkanes of at least 4 members (excludes halogenated alkanes) is 3. The molecule has 0 unspecified atom stereocenters. The Morgan fingerprint density at radius 2 is 1.73 bits per heavy atom. The Balaban J connectivity index is 3.31. The number of carbonyl (C=O) groups is 1. The van der Waals surface area contributed by atoms with Gasteiger partial charge < -0.3 is 4.74 Å². The Labute approximate surface area is 93.0 Å². The first-order valence-electron chi connectivity index (χ1n) is 5.69. The average Bonchev–Trinajstić information content (AvgIpc) is 2.26. The number of carbonyl (C=O) groups excluding carboxylic acids is 1. The Bertz CT molecular complexity index is 205. The van der Waals surface area contributed by atoms with Gasteiger partial charge in [0, 0.05) is 6.42 Å². The molecule has 15 heavy (non-hydrogen) atoms. The van der Waals surface area contributed by atoms with Crippen molar-refractivity contribution in [3.8, 4) is 0 Å². The maximum absolute atomic E-state index is 10.8. The van der Waals surface area contributed by atoms with E-state index in [2.05, 4.69) is 29.9 Å². The summed E-state index contributed by atoms with van der Waals surface area (Å²) in [5.74, 6) is -0.123. The van der Waals surface area contributed by atoms with Gasteiger partial charge in [0.2, 0.25) is 0 Å². The summed E-state index contributed by atoms with van der Waals surface area (Å²) in [6.45, 7) is 2.19. The molecule has 86 valence electrons. The maximum Gasteiger partial charge on any atom is 0.305 e. The summed E-state index contributed by atoms with van der Waals surface area (Å²) < 4.78 is 4.55. The summed E-state index contributed by atoms with van der Waals surface area (Å²) in [6.07, 6.45) is 14.4. The lowest BCUT2D eigenvalue weighted by Crippen LogP contribution is -1.98. The molecule has 0 saturated carbocycles. The molecule has 0 amide bonds. The van der Waals surface area contributed by atoms with E-state index < -0.39 is 0 Å². The van der Waals surface area contributed by atoms with Gasteiger partial charge in [-0.3, -0.25) is 4.79 Å². The van der Waals surface area contributed by atoms with E-state index in [4.69, 9.17) is 0 Å². The summed E-state index contributed by atoms with van der Waals surface area (Å²) in [4.78, 5) is 10.8. The normalized spacial score (nSPS) is 11.3. The van der Waals surface area contributed by atoms with Crippen LogP contribution in [0.25, 0.3) is 0 Å². The highest BCUT2D eigenvalue weighted by Crippen LogP contribution is 1.99. The highest BCUT2D eigenvalue weighted by molar-refractivity contribution is 5.68. The second-order valence-corrected chi connectivity index (χ2v) is 3.47. The number of hydrogen-bond acceptors (Lipinski definition) is 2. The molecule has 0 spiro atoms. The summed E-state index contributed by atoms with van der Waals surface area (Å²) in [7, 11) is 1.43. The number of methoxy groups -OCH3 is 1. The molecule has 0 aromatic heterocycles. The molecule has 0 aromatic rings. The Morgan fingerprint density at radius 1 is 1.13 bits per heavy atom. The second-order valence-electron chi connectivity index (χ2n) is 3.47. The van der Waals surface area contributed by atoms with Crippen molar-refractivity contribution in [3.63, 3.8) is 0 Å². The molecule has 0 atom stereocenters. The molecule has 2 nitrogen and oxygen atoms in total. The molecule has 0 fully saturated rings. The van der Waals surface area contributed by atoms with Crippen LogP contribution >= 0.6 is 0 Å². The van der Waals surface area contributed by atoms with Gasteiger partial charge in [0.15, 0.2) is 0 Å². The average molecular weight is 210 g/mol. The van der Waals surface area contributed by atoms with E-state index in [0.29, 0.717) is 6.42 Å². The second kappa shape index (κ2) is 11.0. The summed E-state index contributed by atoms with van der Waals surface area (Å²) in [5, 5.41) is 0. The summed E-state index contributed by atoms with van der Waals surface area (Å²) >= 11 is 0. The van der Waals surface area contributed by atoms with Gasteiger partial charge in [0.1, 0.15) is 0 Å². The van der Waals surface area contributed by atoms with Crippen molar-refractivity contribution < 1.29 is 9.53 Å². The van der Waals surface area contributed by atoms with E-state index >= 15 is 0 Å². The van der Waals surface area contributed by atoms with Crippen molar-refractivity contribution in [2.75, 3.05) is 7.11 Å². The fourth-order valence-corrected chi connectivity index (χ4v) is 1.14. The number of allylic oxidation sites excluding steroid dienone is 4. The maximum atomic E-state index is 10.8. The van der Waals surface area contributed by atoms with Crippen LogP contribution < -0.4 is 0 Å². The van der Waals surface area contributed by atoms with Crippen LogP contribution in [0.5, 0.6) is 0 Å². The fourth-order valence-electron chi connectivity index (χ4n) is 1.14. The van der Waals surface area contributed by atoms with E-state index in [-0.39, 0.29) is 5.97 Å². The fraction of sp³-hybridized carbons (Fsp3) is 0.615. The highest BCUT2D eigenvalue weighted by atomic mass is 16.5. The van der Waals surface area contributed by atoms with Crippen molar-refractivity contribution in [1.82, 2.24) is 0 Å². The first-order chi connectivity index (χ1) is 7.31. The number of esters is 1. The van der Waals surface area contributed by atoms with E-state index in [1.165, 1.54) is 20.0 Å². The third-order valence-corrected chi connectivity index (χ3v) is 2.09. The molecule has 2 heteroatoms. The molecule has 0 saturated heterocycles. The van der Waals surface area contributed by atoms with Crippen LogP contribution in [0.3, 0.4) is 0 Å². The lowest BCUT2D eigenvalue weighted by atomic mass is 10.2. The van der Waals surface area contributed by atoms with Crippen LogP contribution in [0.1, 0.15) is 45.4 Å². The molecule has 0 N–H and O–H groups in total. The number of hydrogen-bond donors (Lipinski definition) is 0. The zero-order chi connectivity index (χ0) is 11.4. The Kier molecular flexibility index (Phi) is 10.3. The van der Waals surface area contributed by atoms with Crippen LogP contribution in [0.2, 0.25) is 0 Å². The first kappa shape index (κ1) is 13.9. The molecule has 0 radical (unpaired) electrons. The molecule has 0 aliphatic rings. The molecule has 0 aromatic carbocycles. The summed E-state index contributed by atoms with van der Waals surface area (Å²) in [6, 6.07) is 0. The van der Waals surface area contributed by atoms with Crippen molar-refractivity contribution in [2.45, 2.75) is 45.4 Å². The van der Waals surface area contributed by atoms with Gasteiger partial charge in [-0.15, -0.1) is 0 Å². The predicted octanol–water partition coefficient (Wildman–Crippen LogP) is 3.63. The monoisotopic (exact) mass is 210 g/mol. The van der Waals surface area contributed by atoms with E-state index in [1.807, 2.05) is 6.08 Å². The molecule has 0 aliphatic carbocycles. The largest absolute Gasteiger partial charge is 0.469 e. The Hall–Kier alpha value is -1.05. The number of ether oxygens (including phenoxy) is 1. The minimum atomic E-state index is -0.123. The van der Waals surface area contributed by atoms with Crippen molar-refractivity contribution in [1.29, 1.82) is 0 Å². The van der Waals surface area contributed by atoms with Gasteiger partial charge in [0.25, 0.3) is 0 Å². The summed E-state index contributed by atoms with van der Waals surface area (Å²) in [5.41, 5.74) is 0. The van der Waals surface area contributed by atoms with Gasteiger partial charge in [0.05, 0.1) is 7.11 Å². The van der Waals surface area contributed by atoms with E-state index in [0.717, 1.165) is 19.3 Å². The van der Waals surface area contributed by atoms with E-state index in [1.54, 1.807) is 0 Å². The number of rotatable bonds is 8. The van der Waals surface area contributed by atoms with E-state index in [9.17, 15) is 4.79 Å². The third kappa shape index (κ3) is 10.9. The zero-order valence-electron chi connectivity index (χ0n) is 9.87. The van der Waals surface area contributed by atoms with Crippen molar-refractivity contribution in [2.24, 2.45) is 0 Å². The SMILES string of the molecule is CCCC/C=C/C=C/CCCC(=O)OC. The Morgan fingerprint density at radius 3 is 2.27 bits per heavy atom. The first-order valence-corrected chi connectivity index (χ1v) is 5.69. The van der Waals surface area contributed by atoms with Gasteiger partial charge in [-0.2, -0.15) is 0 Å². The van der Waals surface area contributed by atoms with Crippen LogP contribution in [-0.2, 0) is 9.53 Å². The lowest BCUT2D eigenvalue weighted by Gasteiger charge is -1.95. The van der Waals surface area contributed by atoms with Gasteiger partial charge >= 0.3 is 5.97 Å². The standard InChI is InChI=1S/C13H22O2/c1-3-4-5-6-7-8-9-10-11-12-13(14)15-2/h6-9H,3-5,10-12H2,1-2H3/b7-6+,9-8+. The van der Waals surface area contributed by atoms with Crippen molar-refractivity contribution >= 4 is 5.97 Å². The third-order valence-electron chi connectivity index (χ3n) is 2.09. The lowest BCUT2D eigenvalue weighted by molar-refractivity contribution is -0.140. The molecule has 0 bridgehead atoms. The van der Waals surface area contributed by atoms with Gasteiger partial charge in [-0.25, -0.2) is 0 Å².